The van der Waals surface area contributed by atoms with Gasteiger partial charge in [0, 0.05) is 5.41 Å². The van der Waals surface area contributed by atoms with Crippen molar-refractivity contribution in [2.75, 3.05) is 5.75 Å². The van der Waals surface area contributed by atoms with Crippen LogP contribution in [-0.2, 0) is 14.6 Å². The molecule has 14 heavy (non-hydrogen) atoms. The summed E-state index contributed by atoms with van der Waals surface area (Å²) in [6.07, 6.45) is 1.34. The standard InChI is InChI=1S/C6H6Cl3NO3S/c7-6(8,9)5(11)10-4-1-2-14(12,13)3-4/h1-2,4H,3H2,(H,10,11)/t4-/m0/s1. The number of nitrogens with one attached hydrogen (secondary N) is 1. The first kappa shape index (κ1) is 12.1. The maximum absolute atomic E-state index is 11.1. The molecular formula is C6H6Cl3NO3S. The Labute approximate surface area is 96.1 Å². The van der Waals surface area contributed by atoms with Crippen molar-refractivity contribution in [1.82, 2.24) is 5.32 Å². The van der Waals surface area contributed by atoms with Gasteiger partial charge in [-0.3, -0.25) is 4.79 Å². The second kappa shape index (κ2) is 3.89. The van der Waals surface area contributed by atoms with Crippen molar-refractivity contribution in [3.05, 3.63) is 11.5 Å². The number of rotatable bonds is 1. The number of carbonyl (C=O) groups is 1. The molecule has 0 saturated carbocycles. The zero-order valence-electron chi connectivity index (χ0n) is 6.71. The predicted octanol–water partition coefficient (Wildman–Crippen LogP) is 0.784. The fourth-order valence-corrected chi connectivity index (χ4v) is 2.31. The van der Waals surface area contributed by atoms with Crippen LogP contribution in [0.15, 0.2) is 11.5 Å². The number of alkyl halides is 3. The number of hydrogen-bond acceptors (Lipinski definition) is 3. The normalized spacial score (nSPS) is 24.9. The summed E-state index contributed by atoms with van der Waals surface area (Å²) in [7, 11) is -3.21. The molecule has 1 N–H and O–H groups in total. The Morgan fingerprint density at radius 3 is 2.36 bits per heavy atom. The van der Waals surface area contributed by atoms with Crippen LogP contribution in [-0.4, -0.2) is 29.9 Å². The smallest absolute Gasteiger partial charge is 0.272 e. The van der Waals surface area contributed by atoms with Gasteiger partial charge in [0.1, 0.15) is 0 Å². The molecule has 0 unspecified atom stereocenters. The molecule has 0 radical (unpaired) electrons. The highest BCUT2D eigenvalue weighted by Gasteiger charge is 2.33. The van der Waals surface area contributed by atoms with E-state index in [0.717, 1.165) is 5.41 Å². The molecule has 4 nitrogen and oxygen atoms in total. The second-order valence-electron chi connectivity index (χ2n) is 2.74. The molecule has 8 heteroatoms. The zero-order valence-corrected chi connectivity index (χ0v) is 9.79. The summed E-state index contributed by atoms with van der Waals surface area (Å²) in [5.74, 6) is -1.03. The number of sulfone groups is 1. The Hall–Kier alpha value is 0.0300. The Morgan fingerprint density at radius 1 is 1.43 bits per heavy atom. The fourth-order valence-electron chi connectivity index (χ4n) is 0.916. The lowest BCUT2D eigenvalue weighted by Gasteiger charge is -2.14. The molecule has 0 spiro atoms. The highest BCUT2D eigenvalue weighted by atomic mass is 35.6. The lowest BCUT2D eigenvalue weighted by Crippen LogP contribution is -2.42. The van der Waals surface area contributed by atoms with Gasteiger partial charge in [-0.2, -0.15) is 0 Å². The van der Waals surface area contributed by atoms with E-state index in [1.54, 1.807) is 0 Å². The van der Waals surface area contributed by atoms with Crippen molar-refractivity contribution in [3.8, 4) is 0 Å². The average Bonchev–Trinajstić information content (AvgIpc) is 2.28. The Balaban J connectivity index is 2.58. The minimum Gasteiger partial charge on any atom is -0.345 e. The molecule has 0 bridgehead atoms. The van der Waals surface area contributed by atoms with Gasteiger partial charge in [-0.05, 0) is 6.08 Å². The maximum atomic E-state index is 11.1. The largest absolute Gasteiger partial charge is 0.345 e. The van der Waals surface area contributed by atoms with Crippen LogP contribution in [0.1, 0.15) is 0 Å². The van der Waals surface area contributed by atoms with Crippen LogP contribution < -0.4 is 5.32 Å². The van der Waals surface area contributed by atoms with E-state index in [0.29, 0.717) is 0 Å². The molecule has 0 saturated heterocycles. The van der Waals surface area contributed by atoms with Crippen LogP contribution in [0.2, 0.25) is 0 Å². The zero-order chi connectivity index (χ0) is 11.0. The lowest BCUT2D eigenvalue weighted by molar-refractivity contribution is -0.120. The van der Waals surface area contributed by atoms with Crippen molar-refractivity contribution in [2.24, 2.45) is 0 Å². The van der Waals surface area contributed by atoms with Gasteiger partial charge in [0.25, 0.3) is 9.70 Å². The van der Waals surface area contributed by atoms with Crippen molar-refractivity contribution in [3.63, 3.8) is 0 Å². The number of carbonyl (C=O) groups excluding carboxylic acids is 1. The third-order valence-electron chi connectivity index (χ3n) is 1.50. The van der Waals surface area contributed by atoms with E-state index in [-0.39, 0.29) is 5.75 Å². The summed E-state index contributed by atoms with van der Waals surface area (Å²) >= 11 is 15.8. The van der Waals surface area contributed by atoms with E-state index in [1.807, 2.05) is 0 Å². The first-order valence-corrected chi connectivity index (χ1v) is 6.34. The van der Waals surface area contributed by atoms with Gasteiger partial charge in [-0.15, -0.1) is 0 Å². The van der Waals surface area contributed by atoms with Gasteiger partial charge < -0.3 is 5.32 Å². The highest BCUT2D eigenvalue weighted by molar-refractivity contribution is 7.94. The third kappa shape index (κ3) is 3.31. The minimum atomic E-state index is -3.21. The second-order valence-corrected chi connectivity index (χ2v) is 6.95. The SMILES string of the molecule is O=C(N[C@H]1C=CS(=O)(=O)C1)C(Cl)(Cl)Cl. The first-order chi connectivity index (χ1) is 6.21. The van der Waals surface area contributed by atoms with E-state index in [9.17, 15) is 13.2 Å². The predicted molar refractivity (Wildman–Crippen MR) is 55.1 cm³/mol. The average molecular weight is 279 g/mol. The van der Waals surface area contributed by atoms with Gasteiger partial charge in [0.15, 0.2) is 9.84 Å². The topological polar surface area (TPSA) is 63.2 Å². The van der Waals surface area contributed by atoms with E-state index in [1.165, 1.54) is 6.08 Å². The maximum Gasteiger partial charge on any atom is 0.272 e. The van der Waals surface area contributed by atoms with Crippen molar-refractivity contribution in [2.45, 2.75) is 9.83 Å². The van der Waals surface area contributed by atoms with E-state index in [4.69, 9.17) is 34.8 Å². The first-order valence-electron chi connectivity index (χ1n) is 3.49. The van der Waals surface area contributed by atoms with Crippen LogP contribution in [0.3, 0.4) is 0 Å². The summed E-state index contributed by atoms with van der Waals surface area (Å²) in [4.78, 5) is 11.1. The van der Waals surface area contributed by atoms with E-state index < -0.39 is 25.6 Å². The quantitative estimate of drug-likeness (QED) is 0.721. The molecule has 0 aliphatic carbocycles. The summed E-state index contributed by atoms with van der Waals surface area (Å²) in [6.45, 7) is 0. The van der Waals surface area contributed by atoms with Gasteiger partial charge in [0.2, 0.25) is 0 Å². The van der Waals surface area contributed by atoms with Crippen LogP contribution in [0.5, 0.6) is 0 Å². The molecule has 0 aromatic heterocycles. The molecule has 1 aliphatic rings. The molecule has 1 amide bonds. The molecule has 0 fully saturated rings. The Bertz CT molecular complexity index is 370. The minimum absolute atomic E-state index is 0.195. The highest BCUT2D eigenvalue weighted by Crippen LogP contribution is 2.26. The molecular weight excluding hydrogens is 272 g/mol. The molecule has 1 heterocycles. The van der Waals surface area contributed by atoms with Crippen LogP contribution in [0.4, 0.5) is 0 Å². The summed E-state index contributed by atoms with van der Waals surface area (Å²) < 4.78 is 19.8. The molecule has 1 atom stereocenters. The van der Waals surface area contributed by atoms with E-state index >= 15 is 0 Å². The molecule has 1 aliphatic heterocycles. The van der Waals surface area contributed by atoms with Crippen LogP contribution in [0, 0.1) is 0 Å². The molecule has 0 aromatic rings. The summed E-state index contributed by atoms with van der Waals surface area (Å²) in [5.41, 5.74) is 0. The number of halogens is 3. The van der Waals surface area contributed by atoms with Gasteiger partial charge >= 0.3 is 0 Å². The Morgan fingerprint density at radius 2 is 2.00 bits per heavy atom. The van der Waals surface area contributed by atoms with Crippen molar-refractivity contribution < 1.29 is 13.2 Å². The molecule has 80 valence electrons. The fraction of sp³-hybridized carbons (Fsp3) is 0.500. The number of hydrogen-bond donors (Lipinski definition) is 1. The molecule has 1 rings (SSSR count). The lowest BCUT2D eigenvalue weighted by atomic mass is 10.3. The van der Waals surface area contributed by atoms with Crippen molar-refractivity contribution >= 4 is 50.5 Å². The monoisotopic (exact) mass is 277 g/mol. The van der Waals surface area contributed by atoms with Gasteiger partial charge in [-0.1, -0.05) is 34.8 Å². The number of amides is 1. The van der Waals surface area contributed by atoms with Crippen LogP contribution >= 0.6 is 34.8 Å². The third-order valence-corrected chi connectivity index (χ3v) is 3.41. The summed E-state index contributed by atoms with van der Waals surface area (Å²) in [6, 6.07) is -0.622. The van der Waals surface area contributed by atoms with Crippen molar-refractivity contribution in [1.29, 1.82) is 0 Å². The van der Waals surface area contributed by atoms with Gasteiger partial charge in [-0.25, -0.2) is 8.42 Å². The van der Waals surface area contributed by atoms with Crippen LogP contribution in [0.25, 0.3) is 0 Å². The Kier molecular flexibility index (Phi) is 3.36. The molecule has 0 aromatic carbocycles. The van der Waals surface area contributed by atoms with Gasteiger partial charge in [0.05, 0.1) is 11.8 Å². The van der Waals surface area contributed by atoms with E-state index in [2.05, 4.69) is 5.32 Å². The summed E-state index contributed by atoms with van der Waals surface area (Å²) in [5, 5.41) is 3.30.